The average Bonchev–Trinajstić information content (AvgIpc) is 3.30. The maximum atomic E-state index is 12.5. The number of amides is 2. The summed E-state index contributed by atoms with van der Waals surface area (Å²) in [5, 5.41) is 10.7. The number of nitrogens with one attached hydrogen (secondary N) is 2. The number of nitrogens with zero attached hydrogens (tertiary/aromatic N) is 3. The second-order valence-electron chi connectivity index (χ2n) is 8.61. The zero-order valence-electron chi connectivity index (χ0n) is 20.2. The molecule has 0 atom stereocenters. The lowest BCUT2D eigenvalue weighted by atomic mass is 10.1. The van der Waals surface area contributed by atoms with Gasteiger partial charge in [-0.2, -0.15) is 5.10 Å². The van der Waals surface area contributed by atoms with Gasteiger partial charge in [-0.05, 0) is 54.8 Å². The average molecular weight is 498 g/mol. The maximum absolute atomic E-state index is 12.5. The number of halogens is 1. The second kappa shape index (κ2) is 12.1. The summed E-state index contributed by atoms with van der Waals surface area (Å²) < 4.78 is 13.4. The molecule has 4 rings (SSSR count). The van der Waals surface area contributed by atoms with Crippen LogP contribution in [0.4, 0.5) is 10.5 Å². The number of rotatable bonds is 9. The minimum Gasteiger partial charge on any atom is -0.492 e. The summed E-state index contributed by atoms with van der Waals surface area (Å²) in [6.07, 6.45) is 4.22. The topological polar surface area (TPSA) is 80.7 Å². The van der Waals surface area contributed by atoms with Gasteiger partial charge >= 0.3 is 6.03 Å². The Morgan fingerprint density at radius 1 is 1.14 bits per heavy atom. The standard InChI is InChI=1S/C26H32ClN5O3/c1-31-24(9-12-29-31)23-17-21(30-26(33)28-18-19-3-5-20(27)6-4-19)7-8-25(23)35-16-15-32-13-10-22(34-2)11-14-32/h3-9,12,17,22H,10-11,13-16,18H2,1-2H3,(H2,28,30,33). The molecule has 0 aliphatic carbocycles. The van der Waals surface area contributed by atoms with Gasteiger partial charge in [-0.25, -0.2) is 4.79 Å². The van der Waals surface area contributed by atoms with Crippen molar-refractivity contribution in [3.8, 4) is 17.0 Å². The third kappa shape index (κ3) is 6.97. The first kappa shape index (κ1) is 25.0. The van der Waals surface area contributed by atoms with E-state index in [0.717, 1.165) is 55.0 Å². The molecule has 0 bridgehead atoms. The van der Waals surface area contributed by atoms with Gasteiger partial charge in [0.15, 0.2) is 0 Å². The first-order chi connectivity index (χ1) is 17.0. The molecule has 2 heterocycles. The molecule has 0 spiro atoms. The van der Waals surface area contributed by atoms with Crippen LogP contribution in [0.3, 0.4) is 0 Å². The number of hydrogen-bond donors (Lipinski definition) is 2. The quantitative estimate of drug-likeness (QED) is 0.453. The number of ether oxygens (including phenoxy) is 2. The molecule has 0 radical (unpaired) electrons. The lowest BCUT2D eigenvalue weighted by molar-refractivity contribution is 0.0375. The number of anilines is 1. The van der Waals surface area contributed by atoms with E-state index in [1.165, 1.54) is 0 Å². The molecule has 9 heteroatoms. The summed E-state index contributed by atoms with van der Waals surface area (Å²) in [6.45, 7) is 3.88. The lowest BCUT2D eigenvalue weighted by Crippen LogP contribution is -2.38. The minimum absolute atomic E-state index is 0.288. The molecule has 8 nitrogen and oxygen atoms in total. The predicted octanol–water partition coefficient (Wildman–Crippen LogP) is 4.55. The van der Waals surface area contributed by atoms with Crippen LogP contribution in [0.2, 0.25) is 5.02 Å². The molecule has 1 aliphatic heterocycles. The summed E-state index contributed by atoms with van der Waals surface area (Å²) in [5.74, 6) is 0.757. The Hall–Kier alpha value is -3.07. The molecule has 186 valence electrons. The monoisotopic (exact) mass is 497 g/mol. The number of methoxy groups -OCH3 is 1. The van der Waals surface area contributed by atoms with Crippen LogP contribution < -0.4 is 15.4 Å². The summed E-state index contributed by atoms with van der Waals surface area (Å²) in [7, 11) is 3.67. The number of carbonyl (C=O) groups excluding carboxylic acids is 1. The Balaban J connectivity index is 1.38. The molecule has 1 saturated heterocycles. The van der Waals surface area contributed by atoms with Gasteiger partial charge in [-0.15, -0.1) is 0 Å². The third-order valence-corrected chi connectivity index (χ3v) is 6.49. The van der Waals surface area contributed by atoms with Crippen molar-refractivity contribution in [3.63, 3.8) is 0 Å². The van der Waals surface area contributed by atoms with Crippen LogP contribution in [-0.4, -0.2) is 60.2 Å². The van der Waals surface area contributed by atoms with E-state index in [-0.39, 0.29) is 6.03 Å². The molecule has 2 amide bonds. The highest BCUT2D eigenvalue weighted by molar-refractivity contribution is 6.30. The van der Waals surface area contributed by atoms with Crippen molar-refractivity contribution in [3.05, 3.63) is 65.3 Å². The van der Waals surface area contributed by atoms with E-state index in [2.05, 4.69) is 20.6 Å². The number of carbonyl (C=O) groups is 1. The van der Waals surface area contributed by atoms with Crippen molar-refractivity contribution in [2.45, 2.75) is 25.5 Å². The van der Waals surface area contributed by atoms with Crippen molar-refractivity contribution in [2.24, 2.45) is 7.05 Å². The molecule has 2 N–H and O–H groups in total. The number of aromatic nitrogens is 2. The van der Waals surface area contributed by atoms with E-state index in [4.69, 9.17) is 21.1 Å². The largest absolute Gasteiger partial charge is 0.492 e. The number of benzene rings is 2. The second-order valence-corrected chi connectivity index (χ2v) is 9.05. The summed E-state index contributed by atoms with van der Waals surface area (Å²) in [5.41, 5.74) is 3.42. The van der Waals surface area contributed by atoms with Crippen molar-refractivity contribution >= 4 is 23.3 Å². The first-order valence-electron chi connectivity index (χ1n) is 11.8. The van der Waals surface area contributed by atoms with Gasteiger partial charge in [0.1, 0.15) is 12.4 Å². The zero-order valence-corrected chi connectivity index (χ0v) is 20.9. The fraction of sp³-hybridized carbons (Fsp3) is 0.385. The SMILES string of the molecule is COC1CCN(CCOc2ccc(NC(=O)NCc3ccc(Cl)cc3)cc2-c2ccnn2C)CC1. The Morgan fingerprint density at radius 2 is 1.91 bits per heavy atom. The van der Waals surface area contributed by atoms with Crippen molar-refractivity contribution in [1.82, 2.24) is 20.0 Å². The fourth-order valence-electron chi connectivity index (χ4n) is 4.19. The first-order valence-corrected chi connectivity index (χ1v) is 12.2. The Kier molecular flexibility index (Phi) is 8.63. The van der Waals surface area contributed by atoms with Crippen molar-refractivity contribution in [1.29, 1.82) is 0 Å². The van der Waals surface area contributed by atoms with Crippen LogP contribution in [-0.2, 0) is 18.3 Å². The molecular formula is C26H32ClN5O3. The Bertz CT molecular complexity index is 1110. The fourth-order valence-corrected chi connectivity index (χ4v) is 4.31. The van der Waals surface area contributed by atoms with Crippen LogP contribution in [0.15, 0.2) is 54.7 Å². The van der Waals surface area contributed by atoms with E-state index in [1.807, 2.05) is 43.4 Å². The molecule has 1 aromatic heterocycles. The highest BCUT2D eigenvalue weighted by Crippen LogP contribution is 2.32. The number of piperidine rings is 1. The lowest BCUT2D eigenvalue weighted by Gasteiger charge is -2.31. The number of hydrogen-bond acceptors (Lipinski definition) is 5. The summed E-state index contributed by atoms with van der Waals surface area (Å²) >= 11 is 5.92. The molecule has 2 aromatic carbocycles. The molecule has 3 aromatic rings. The van der Waals surface area contributed by atoms with Crippen LogP contribution in [0.5, 0.6) is 5.75 Å². The summed E-state index contributed by atoms with van der Waals surface area (Å²) in [4.78, 5) is 14.9. The van der Waals surface area contributed by atoms with E-state index >= 15 is 0 Å². The van der Waals surface area contributed by atoms with Crippen LogP contribution in [0, 0.1) is 0 Å². The number of urea groups is 1. The van der Waals surface area contributed by atoms with Gasteiger partial charge in [0.2, 0.25) is 0 Å². The Labute approximate surface area is 211 Å². The smallest absolute Gasteiger partial charge is 0.319 e. The molecule has 35 heavy (non-hydrogen) atoms. The van der Waals surface area contributed by atoms with E-state index in [0.29, 0.717) is 30.0 Å². The van der Waals surface area contributed by atoms with Gasteiger partial charge in [0.25, 0.3) is 0 Å². The third-order valence-electron chi connectivity index (χ3n) is 6.23. The van der Waals surface area contributed by atoms with Gasteiger partial charge < -0.3 is 20.1 Å². The van der Waals surface area contributed by atoms with E-state index in [1.54, 1.807) is 30.1 Å². The van der Waals surface area contributed by atoms with Crippen LogP contribution in [0.1, 0.15) is 18.4 Å². The predicted molar refractivity (Wildman–Crippen MR) is 138 cm³/mol. The van der Waals surface area contributed by atoms with Crippen LogP contribution in [0.25, 0.3) is 11.3 Å². The molecule has 1 aliphatic rings. The Morgan fingerprint density at radius 3 is 2.60 bits per heavy atom. The van der Waals surface area contributed by atoms with E-state index < -0.39 is 0 Å². The molecular weight excluding hydrogens is 466 g/mol. The number of likely N-dealkylation sites (tertiary alicyclic amines) is 1. The highest BCUT2D eigenvalue weighted by Gasteiger charge is 2.19. The van der Waals surface area contributed by atoms with Gasteiger partial charge in [-0.3, -0.25) is 9.58 Å². The van der Waals surface area contributed by atoms with Gasteiger partial charge in [0, 0.05) is 62.8 Å². The molecule has 0 saturated carbocycles. The van der Waals surface area contributed by atoms with Gasteiger partial charge in [-0.1, -0.05) is 23.7 Å². The summed E-state index contributed by atoms with van der Waals surface area (Å²) in [6, 6.07) is 14.7. The normalized spacial score (nSPS) is 14.6. The highest BCUT2D eigenvalue weighted by atomic mass is 35.5. The maximum Gasteiger partial charge on any atom is 0.319 e. The zero-order chi connectivity index (χ0) is 24.6. The van der Waals surface area contributed by atoms with Gasteiger partial charge in [0.05, 0.1) is 11.8 Å². The molecule has 0 unspecified atom stereocenters. The van der Waals surface area contributed by atoms with E-state index in [9.17, 15) is 4.79 Å². The van der Waals surface area contributed by atoms with Crippen LogP contribution >= 0.6 is 11.6 Å². The van der Waals surface area contributed by atoms with Crippen molar-refractivity contribution in [2.75, 3.05) is 38.7 Å². The van der Waals surface area contributed by atoms with Crippen molar-refractivity contribution < 1.29 is 14.3 Å². The minimum atomic E-state index is -0.288. The molecule has 1 fully saturated rings. The number of aryl methyl sites for hydroxylation is 1.